The minimum Gasteiger partial charge on any atom is -0.371 e. The average molecular weight is 483 g/mol. The molecule has 2 atom stereocenters. The van der Waals surface area contributed by atoms with Gasteiger partial charge in [-0.25, -0.2) is 12.8 Å². The number of anilines is 1. The molecule has 2 aliphatic rings. The molecule has 0 bridgehead atoms. The van der Waals surface area contributed by atoms with Gasteiger partial charge in [-0.15, -0.1) is 0 Å². The number of hydrogen-bond donors (Lipinski definition) is 2. The van der Waals surface area contributed by atoms with E-state index >= 15 is 0 Å². The Labute approximate surface area is 196 Å². The molecule has 33 heavy (non-hydrogen) atoms. The zero-order valence-electron chi connectivity index (χ0n) is 19.4. The molecule has 2 aliphatic heterocycles. The van der Waals surface area contributed by atoms with Crippen LogP contribution in [-0.2, 0) is 19.4 Å². The Bertz CT molecular complexity index is 1030. The summed E-state index contributed by atoms with van der Waals surface area (Å²) in [6, 6.07) is 3.19. The van der Waals surface area contributed by atoms with Gasteiger partial charge < -0.3 is 20.4 Å². The molecule has 0 radical (unpaired) electrons. The van der Waals surface area contributed by atoms with Gasteiger partial charge in [-0.2, -0.15) is 0 Å². The van der Waals surface area contributed by atoms with Gasteiger partial charge in [0.25, 0.3) is 0 Å². The van der Waals surface area contributed by atoms with E-state index in [0.717, 1.165) is 31.6 Å². The Hall–Kier alpha value is -2.62. The lowest BCUT2D eigenvalue weighted by Crippen LogP contribution is -2.48. The highest BCUT2D eigenvalue weighted by atomic mass is 32.2. The molecule has 10 heteroatoms. The van der Waals surface area contributed by atoms with E-state index in [1.54, 1.807) is 0 Å². The van der Waals surface area contributed by atoms with Crippen molar-refractivity contribution in [2.75, 3.05) is 31.2 Å². The SMILES string of the molecule is C=C(NC(=O)[C@@H](C)CC)N1CCC(N2CC[C@H](Nc3ccc(S(C)(=O)=O)cc3F)C2=O)CC1.[HH]. The molecule has 1 aromatic carbocycles. The summed E-state index contributed by atoms with van der Waals surface area (Å²) in [6.45, 7) is 9.79. The Balaban J connectivity index is 0.00000408. The summed E-state index contributed by atoms with van der Waals surface area (Å²) in [5, 5.41) is 5.81. The van der Waals surface area contributed by atoms with Crippen LogP contribution in [0.25, 0.3) is 0 Å². The van der Waals surface area contributed by atoms with Crippen LogP contribution in [0.3, 0.4) is 0 Å². The molecule has 0 saturated carbocycles. The number of halogens is 1. The molecule has 2 fully saturated rings. The molecular formula is C23H35FN4O4S. The van der Waals surface area contributed by atoms with E-state index in [1.807, 2.05) is 23.6 Å². The van der Waals surface area contributed by atoms with E-state index in [0.29, 0.717) is 31.9 Å². The average Bonchev–Trinajstić information content (AvgIpc) is 3.13. The third-order valence-corrected chi connectivity index (χ3v) is 7.66. The van der Waals surface area contributed by atoms with Gasteiger partial charge in [-0.3, -0.25) is 9.59 Å². The van der Waals surface area contributed by atoms with Crippen LogP contribution in [0.5, 0.6) is 0 Å². The summed E-state index contributed by atoms with van der Waals surface area (Å²) in [6.07, 6.45) is 3.85. The van der Waals surface area contributed by atoms with Crippen LogP contribution in [0.2, 0.25) is 0 Å². The maximum atomic E-state index is 14.4. The van der Waals surface area contributed by atoms with E-state index in [2.05, 4.69) is 17.2 Å². The van der Waals surface area contributed by atoms with Crippen molar-refractivity contribution in [2.24, 2.45) is 5.92 Å². The fourth-order valence-corrected chi connectivity index (χ4v) is 4.84. The Morgan fingerprint density at radius 3 is 2.52 bits per heavy atom. The fraction of sp³-hybridized carbons (Fsp3) is 0.565. The number of sulfone groups is 1. The van der Waals surface area contributed by atoms with Gasteiger partial charge in [0.15, 0.2) is 9.84 Å². The van der Waals surface area contributed by atoms with Crippen LogP contribution in [0, 0.1) is 11.7 Å². The quantitative estimate of drug-likeness (QED) is 0.591. The van der Waals surface area contributed by atoms with Crippen molar-refractivity contribution in [3.05, 3.63) is 36.4 Å². The molecule has 0 spiro atoms. The molecule has 3 rings (SSSR count). The Kier molecular flexibility index (Phi) is 7.66. The van der Waals surface area contributed by atoms with Gasteiger partial charge in [-0.05, 0) is 43.9 Å². The van der Waals surface area contributed by atoms with Gasteiger partial charge in [0.05, 0.1) is 10.6 Å². The minimum absolute atomic E-state index is 0. The molecule has 0 aromatic heterocycles. The van der Waals surface area contributed by atoms with E-state index in [1.165, 1.54) is 12.1 Å². The molecule has 0 aliphatic carbocycles. The monoisotopic (exact) mass is 482 g/mol. The summed E-state index contributed by atoms with van der Waals surface area (Å²) in [5.41, 5.74) is 0.116. The summed E-state index contributed by atoms with van der Waals surface area (Å²) >= 11 is 0. The normalized spacial score (nSPS) is 20.6. The highest BCUT2D eigenvalue weighted by Crippen LogP contribution is 2.27. The van der Waals surface area contributed by atoms with Crippen LogP contribution in [0.1, 0.15) is 41.0 Å². The van der Waals surface area contributed by atoms with Crippen molar-refractivity contribution in [1.82, 2.24) is 15.1 Å². The predicted octanol–water partition coefficient (Wildman–Crippen LogP) is 2.59. The maximum Gasteiger partial charge on any atom is 0.245 e. The van der Waals surface area contributed by atoms with Gasteiger partial charge in [-0.1, -0.05) is 20.4 Å². The number of likely N-dealkylation sites (tertiary alicyclic amines) is 2. The molecular weight excluding hydrogens is 447 g/mol. The van der Waals surface area contributed by atoms with Gasteiger partial charge in [0.2, 0.25) is 11.8 Å². The summed E-state index contributed by atoms with van der Waals surface area (Å²) in [5.74, 6) is -0.290. The molecule has 2 heterocycles. The van der Waals surface area contributed by atoms with Crippen LogP contribution < -0.4 is 10.6 Å². The van der Waals surface area contributed by atoms with Crippen molar-refractivity contribution in [3.63, 3.8) is 0 Å². The first-order chi connectivity index (χ1) is 15.5. The second-order valence-corrected chi connectivity index (χ2v) is 10.9. The first-order valence-corrected chi connectivity index (χ1v) is 13.2. The zero-order chi connectivity index (χ0) is 24.3. The third-order valence-electron chi connectivity index (χ3n) is 6.55. The van der Waals surface area contributed by atoms with E-state index in [-0.39, 0.29) is 35.8 Å². The zero-order valence-corrected chi connectivity index (χ0v) is 20.3. The third kappa shape index (κ3) is 5.85. The second-order valence-electron chi connectivity index (χ2n) is 8.89. The minimum atomic E-state index is -3.50. The fourth-order valence-electron chi connectivity index (χ4n) is 4.21. The molecule has 8 nitrogen and oxygen atoms in total. The Morgan fingerprint density at radius 2 is 1.94 bits per heavy atom. The molecule has 184 valence electrons. The number of rotatable bonds is 8. The predicted molar refractivity (Wildman–Crippen MR) is 127 cm³/mol. The molecule has 0 unspecified atom stereocenters. The smallest absolute Gasteiger partial charge is 0.245 e. The maximum absolute atomic E-state index is 14.4. The van der Waals surface area contributed by atoms with E-state index in [4.69, 9.17) is 0 Å². The number of nitrogens with zero attached hydrogens (tertiary/aromatic N) is 2. The van der Waals surface area contributed by atoms with Gasteiger partial charge >= 0.3 is 0 Å². The second kappa shape index (κ2) is 10.1. The van der Waals surface area contributed by atoms with Gasteiger partial charge in [0.1, 0.15) is 17.7 Å². The first kappa shape index (κ1) is 25.0. The highest BCUT2D eigenvalue weighted by Gasteiger charge is 2.37. The molecule has 2 saturated heterocycles. The topological polar surface area (TPSA) is 98.8 Å². The standard InChI is InChI=1S/C23H33FN4O4S.H2/c1-5-15(2)22(29)25-16(3)27-11-8-17(9-12-27)28-13-10-21(23(28)30)26-20-7-6-18(14-19(20)24)33(4,31)32;/h6-7,14-15,17,21,26H,3,5,8-13H2,1-2,4H3,(H,25,29);1H/t15-,21-;/m0./s1. The van der Waals surface area contributed by atoms with Crippen LogP contribution in [0.4, 0.5) is 10.1 Å². The van der Waals surface area contributed by atoms with Crippen molar-refractivity contribution in [1.29, 1.82) is 0 Å². The van der Waals surface area contributed by atoms with Crippen molar-refractivity contribution in [3.8, 4) is 0 Å². The number of carbonyl (C=O) groups is 2. The number of benzene rings is 1. The number of piperidine rings is 1. The number of hydrogen-bond acceptors (Lipinski definition) is 6. The first-order valence-electron chi connectivity index (χ1n) is 11.3. The van der Waals surface area contributed by atoms with Crippen LogP contribution in [-0.4, -0.2) is 68.0 Å². The molecule has 1 aromatic rings. The summed E-state index contributed by atoms with van der Waals surface area (Å²) < 4.78 is 37.6. The molecule has 2 amide bonds. The van der Waals surface area contributed by atoms with Gasteiger partial charge in [0, 0.05) is 39.3 Å². The van der Waals surface area contributed by atoms with Crippen molar-refractivity contribution >= 4 is 27.3 Å². The Morgan fingerprint density at radius 1 is 1.27 bits per heavy atom. The lowest BCUT2D eigenvalue weighted by atomic mass is 10.0. The van der Waals surface area contributed by atoms with E-state index in [9.17, 15) is 22.4 Å². The number of amides is 2. The largest absolute Gasteiger partial charge is 0.371 e. The van der Waals surface area contributed by atoms with Crippen LogP contribution in [0.15, 0.2) is 35.5 Å². The van der Waals surface area contributed by atoms with Crippen molar-refractivity contribution in [2.45, 2.75) is 56.5 Å². The number of carbonyl (C=O) groups excluding carboxylic acids is 2. The highest BCUT2D eigenvalue weighted by molar-refractivity contribution is 7.90. The number of nitrogens with one attached hydrogen (secondary N) is 2. The lowest BCUT2D eigenvalue weighted by molar-refractivity contribution is -0.131. The lowest BCUT2D eigenvalue weighted by Gasteiger charge is -2.38. The van der Waals surface area contributed by atoms with E-state index < -0.39 is 21.7 Å². The molecule has 2 N–H and O–H groups in total. The summed E-state index contributed by atoms with van der Waals surface area (Å²) in [4.78, 5) is 28.9. The van der Waals surface area contributed by atoms with Crippen LogP contribution >= 0.6 is 0 Å². The van der Waals surface area contributed by atoms with Crippen molar-refractivity contribution < 1.29 is 23.8 Å². The summed E-state index contributed by atoms with van der Waals surface area (Å²) in [7, 11) is -3.50.